The Hall–Kier alpha value is -4.45. The molecule has 3 aromatic rings. The van der Waals surface area contributed by atoms with Gasteiger partial charge >= 0.3 is 6.03 Å². The van der Waals surface area contributed by atoms with Crippen LogP contribution in [-0.4, -0.2) is 51.9 Å². The van der Waals surface area contributed by atoms with Gasteiger partial charge in [0.15, 0.2) is 0 Å². The fourth-order valence-corrected chi connectivity index (χ4v) is 3.88. The first-order valence-corrected chi connectivity index (χ1v) is 9.81. The molecule has 1 atom stereocenters. The Morgan fingerprint density at radius 2 is 2.09 bits per heavy atom. The average molecular weight is 427 g/mol. The molecule has 158 valence electrons. The Kier molecular flexibility index (Phi) is 4.48. The van der Waals surface area contributed by atoms with Crippen molar-refractivity contribution >= 4 is 28.7 Å². The van der Waals surface area contributed by atoms with Crippen molar-refractivity contribution in [1.29, 1.82) is 0 Å². The number of methoxy groups -OCH3 is 1. The predicted octanol–water partition coefficient (Wildman–Crippen LogP) is 1.22. The zero-order valence-electron chi connectivity index (χ0n) is 17.0. The molecule has 0 radical (unpaired) electrons. The molecule has 9 heteroatoms. The number of carbonyl (C=O) groups is 3. The first kappa shape index (κ1) is 19.5. The third-order valence-corrected chi connectivity index (χ3v) is 5.49. The van der Waals surface area contributed by atoms with E-state index in [1.54, 1.807) is 36.8 Å². The summed E-state index contributed by atoms with van der Waals surface area (Å²) in [6, 6.07) is 8.23. The molecule has 9 nitrogen and oxygen atoms in total. The lowest BCUT2D eigenvalue weighted by Crippen LogP contribution is -2.54. The molecule has 2 aliphatic heterocycles. The van der Waals surface area contributed by atoms with Crippen LogP contribution in [0.1, 0.15) is 21.5 Å². The number of nitrogens with one attached hydrogen (secondary N) is 2. The topological polar surface area (TPSA) is 114 Å². The fourth-order valence-electron chi connectivity index (χ4n) is 3.88. The van der Waals surface area contributed by atoms with Crippen LogP contribution in [0, 0.1) is 11.8 Å². The summed E-state index contributed by atoms with van der Waals surface area (Å²) >= 11 is 0. The summed E-state index contributed by atoms with van der Waals surface area (Å²) in [4.78, 5) is 47.7. The number of ether oxygens (including phenoxy) is 1. The predicted molar refractivity (Wildman–Crippen MR) is 114 cm³/mol. The van der Waals surface area contributed by atoms with E-state index in [1.807, 2.05) is 12.1 Å². The van der Waals surface area contributed by atoms with E-state index in [4.69, 9.17) is 4.74 Å². The Morgan fingerprint density at radius 1 is 1.22 bits per heavy atom. The number of hydrogen-bond donors (Lipinski definition) is 2. The molecule has 0 saturated carbocycles. The third kappa shape index (κ3) is 3.18. The lowest BCUT2D eigenvalue weighted by molar-refractivity contribution is -0.122. The highest BCUT2D eigenvalue weighted by atomic mass is 16.5. The highest BCUT2D eigenvalue weighted by Gasteiger charge is 2.48. The summed E-state index contributed by atoms with van der Waals surface area (Å²) in [5.41, 5.74) is 0.852. The minimum Gasteiger partial charge on any atom is -0.497 e. The van der Waals surface area contributed by atoms with Crippen LogP contribution in [-0.2, 0) is 11.3 Å². The average Bonchev–Trinajstić information content (AvgIpc) is 3.26. The molecule has 1 saturated heterocycles. The molecule has 1 fully saturated rings. The zero-order chi connectivity index (χ0) is 22.3. The van der Waals surface area contributed by atoms with Crippen LogP contribution in [0.4, 0.5) is 4.79 Å². The second-order valence-electron chi connectivity index (χ2n) is 7.51. The van der Waals surface area contributed by atoms with Crippen molar-refractivity contribution in [2.24, 2.45) is 0 Å². The van der Waals surface area contributed by atoms with Gasteiger partial charge < -0.3 is 15.0 Å². The van der Waals surface area contributed by atoms with Gasteiger partial charge in [-0.05, 0) is 29.8 Å². The van der Waals surface area contributed by atoms with Crippen LogP contribution < -0.4 is 15.4 Å². The molecule has 0 bridgehead atoms. The molecule has 5 rings (SSSR count). The van der Waals surface area contributed by atoms with Crippen LogP contribution in [0.2, 0.25) is 0 Å². The maximum atomic E-state index is 13.0. The molecule has 4 heterocycles. The third-order valence-electron chi connectivity index (χ3n) is 5.49. The Labute approximate surface area is 182 Å². The summed E-state index contributed by atoms with van der Waals surface area (Å²) < 4.78 is 5.20. The maximum Gasteiger partial charge on any atom is 0.323 e. The number of fused-ring (bicyclic) bond motifs is 2. The normalized spacial score (nSPS) is 19.3. The number of benzene rings is 1. The number of pyridine rings is 2. The van der Waals surface area contributed by atoms with E-state index < -0.39 is 17.5 Å². The van der Waals surface area contributed by atoms with Crippen molar-refractivity contribution in [3.63, 3.8) is 0 Å². The highest BCUT2D eigenvalue weighted by Crippen LogP contribution is 2.28. The number of amides is 4. The number of nitrogens with zero attached hydrogens (tertiary/aromatic N) is 3. The van der Waals surface area contributed by atoms with E-state index in [9.17, 15) is 14.4 Å². The monoisotopic (exact) mass is 427 g/mol. The van der Waals surface area contributed by atoms with Gasteiger partial charge in [0.05, 0.1) is 24.7 Å². The van der Waals surface area contributed by atoms with Crippen molar-refractivity contribution < 1.29 is 19.1 Å². The Morgan fingerprint density at radius 3 is 2.88 bits per heavy atom. The Bertz CT molecular complexity index is 1350. The minimum absolute atomic E-state index is 0.112. The summed E-state index contributed by atoms with van der Waals surface area (Å²) in [5.74, 6) is 5.52. The van der Waals surface area contributed by atoms with Crippen LogP contribution in [0.15, 0.2) is 48.9 Å². The largest absolute Gasteiger partial charge is 0.497 e. The van der Waals surface area contributed by atoms with Crippen molar-refractivity contribution in [3.05, 3.63) is 65.6 Å². The number of carbonyl (C=O) groups excluding carboxylic acids is 3. The molecule has 0 unspecified atom stereocenters. The summed E-state index contributed by atoms with van der Waals surface area (Å²) in [7, 11) is 1.53. The van der Waals surface area contributed by atoms with Gasteiger partial charge in [-0.25, -0.2) is 4.79 Å². The molecule has 2 aromatic heterocycles. The molecular weight excluding hydrogens is 410 g/mol. The van der Waals surface area contributed by atoms with Gasteiger partial charge in [-0.2, -0.15) is 0 Å². The van der Waals surface area contributed by atoms with E-state index >= 15 is 0 Å². The second-order valence-corrected chi connectivity index (χ2v) is 7.51. The maximum absolute atomic E-state index is 13.0. The van der Waals surface area contributed by atoms with Crippen molar-refractivity contribution in [2.75, 3.05) is 13.7 Å². The van der Waals surface area contributed by atoms with E-state index in [0.717, 1.165) is 10.9 Å². The molecule has 1 aromatic carbocycles. The minimum atomic E-state index is -1.60. The van der Waals surface area contributed by atoms with Crippen LogP contribution >= 0.6 is 0 Å². The van der Waals surface area contributed by atoms with Gasteiger partial charge in [-0.3, -0.25) is 24.9 Å². The molecule has 0 aliphatic carbocycles. The van der Waals surface area contributed by atoms with Gasteiger partial charge in [0.1, 0.15) is 5.75 Å². The number of hydrogen-bond acceptors (Lipinski definition) is 6. The quantitative estimate of drug-likeness (QED) is 0.480. The van der Waals surface area contributed by atoms with Gasteiger partial charge in [-0.15, -0.1) is 0 Å². The lowest BCUT2D eigenvalue weighted by atomic mass is 9.99. The van der Waals surface area contributed by atoms with Crippen LogP contribution in [0.25, 0.3) is 10.9 Å². The van der Waals surface area contributed by atoms with Crippen LogP contribution in [0.3, 0.4) is 0 Å². The van der Waals surface area contributed by atoms with Gasteiger partial charge in [0.25, 0.3) is 11.8 Å². The van der Waals surface area contributed by atoms with E-state index in [-0.39, 0.29) is 12.5 Å². The van der Waals surface area contributed by atoms with Gasteiger partial charge in [-0.1, -0.05) is 17.9 Å². The van der Waals surface area contributed by atoms with Gasteiger partial charge in [0, 0.05) is 36.1 Å². The number of urea groups is 1. The summed E-state index contributed by atoms with van der Waals surface area (Å²) in [6.07, 6.45) is 4.86. The molecule has 4 amide bonds. The summed E-state index contributed by atoms with van der Waals surface area (Å²) in [6.45, 7) is 0.182. The zero-order valence-corrected chi connectivity index (χ0v) is 17.0. The first-order chi connectivity index (χ1) is 15.5. The molecule has 32 heavy (non-hydrogen) atoms. The second kappa shape index (κ2) is 7.35. The molecule has 2 aliphatic rings. The summed E-state index contributed by atoms with van der Waals surface area (Å²) in [5, 5.41) is 5.63. The number of imide groups is 1. The highest BCUT2D eigenvalue weighted by molar-refractivity contribution is 6.10. The van der Waals surface area contributed by atoms with E-state index in [1.165, 1.54) is 12.0 Å². The standard InChI is InChI=1S/C23H17N5O4/c1-32-17-5-4-16-12-28(20(29)18(16)9-17)13-23(21(30)26-22(31)27-23)7-6-15-11-24-10-14-3-2-8-25-19(14)15/h2-5,8-11H,12-13H2,1H3,(H2,26,27,30,31)/t23-/m1/s1. The van der Waals surface area contributed by atoms with E-state index in [2.05, 4.69) is 32.4 Å². The molecule has 2 N–H and O–H groups in total. The smallest absolute Gasteiger partial charge is 0.323 e. The number of rotatable bonds is 3. The molecule has 0 spiro atoms. The van der Waals surface area contributed by atoms with Crippen LogP contribution in [0.5, 0.6) is 5.75 Å². The fraction of sp³-hybridized carbons (Fsp3) is 0.174. The first-order valence-electron chi connectivity index (χ1n) is 9.81. The SMILES string of the molecule is COc1ccc2c(c1)C(=O)N(C[C@@]1(C#Cc3cncc4cccnc34)NC(=O)NC1=O)C2. The van der Waals surface area contributed by atoms with Crippen molar-refractivity contribution in [3.8, 4) is 17.6 Å². The molecular formula is C23H17N5O4. The van der Waals surface area contributed by atoms with Crippen molar-refractivity contribution in [1.82, 2.24) is 25.5 Å². The number of aromatic nitrogens is 2. The van der Waals surface area contributed by atoms with Gasteiger partial charge in [0.2, 0.25) is 5.54 Å². The van der Waals surface area contributed by atoms with E-state index in [0.29, 0.717) is 28.9 Å². The lowest BCUT2D eigenvalue weighted by Gasteiger charge is -2.26. The van der Waals surface area contributed by atoms with Crippen molar-refractivity contribution in [2.45, 2.75) is 12.1 Å². The Balaban J connectivity index is 1.51.